The number of aromatic nitrogens is 2. The van der Waals surface area contributed by atoms with E-state index < -0.39 is 38.2 Å². The number of rotatable bonds is 23. The lowest BCUT2D eigenvalue weighted by molar-refractivity contribution is -0.130. The van der Waals surface area contributed by atoms with Crippen LogP contribution < -0.4 is 21.7 Å². The summed E-state index contributed by atoms with van der Waals surface area (Å²) in [6.45, 7) is 0.466. The van der Waals surface area contributed by atoms with Crippen molar-refractivity contribution in [2.24, 2.45) is 11.7 Å². The Hall–Kier alpha value is -3.63. The molecular weight excluding hydrogens is 615 g/mol. The lowest BCUT2D eigenvalue weighted by Gasteiger charge is -2.26. The van der Waals surface area contributed by atoms with Crippen molar-refractivity contribution in [3.8, 4) is 0 Å². The van der Waals surface area contributed by atoms with Crippen LogP contribution in [-0.2, 0) is 40.2 Å². The van der Waals surface area contributed by atoms with Crippen molar-refractivity contribution in [1.29, 1.82) is 0 Å². The minimum atomic E-state index is -2.32. The molecule has 0 spiro atoms. The average Bonchev–Trinajstić information content (AvgIpc) is 3.51. The van der Waals surface area contributed by atoms with Gasteiger partial charge in [-0.2, -0.15) is 0 Å². The van der Waals surface area contributed by atoms with Gasteiger partial charge < -0.3 is 36.0 Å². The molecule has 0 saturated carbocycles. The molecule has 0 aliphatic carbocycles. The Bertz CT molecular complexity index is 1340. The number of nitrogens with zero attached hydrogens (tertiary/aromatic N) is 2. The smallest absolute Gasteiger partial charge is 0.240 e. The zero-order valence-corrected chi connectivity index (χ0v) is 28.3. The molecule has 12 heteroatoms. The van der Waals surface area contributed by atoms with Crippen molar-refractivity contribution in [3.05, 3.63) is 90.0 Å². The minimum absolute atomic E-state index is 0.0767. The van der Waals surface area contributed by atoms with Gasteiger partial charge in [-0.15, -0.1) is 0 Å². The van der Waals surface area contributed by atoms with Gasteiger partial charge in [-0.3, -0.25) is 14.4 Å². The summed E-state index contributed by atoms with van der Waals surface area (Å²) in [4.78, 5) is 61.8. The van der Waals surface area contributed by atoms with E-state index in [1.807, 2.05) is 36.4 Å². The first-order chi connectivity index (χ1) is 22.8. The number of aryl methyl sites for hydroxylation is 3. The minimum Gasteiger partial charge on any atom is -0.368 e. The Morgan fingerprint density at radius 2 is 1.51 bits per heavy atom. The summed E-state index contributed by atoms with van der Waals surface area (Å²) in [7, 11) is -0.630. The van der Waals surface area contributed by atoms with Crippen LogP contribution >= 0.6 is 8.38 Å². The summed E-state index contributed by atoms with van der Waals surface area (Å²) in [6, 6.07) is 18.4. The van der Waals surface area contributed by atoms with E-state index in [9.17, 15) is 24.2 Å². The first kappa shape index (κ1) is 37.8. The SMILES string of the molecule is CNC(Cc1cncn1CCCCCCCCc1ccccc1)C(=O)NCC(=O)NC(C(N)=O)C(CCc1ccccc1)CP(O)O. The highest BCUT2D eigenvalue weighted by molar-refractivity contribution is 7.45. The number of primary amides is 1. The molecule has 3 atom stereocenters. The average molecular weight is 667 g/mol. The highest BCUT2D eigenvalue weighted by atomic mass is 31.2. The standard InChI is InChI=1S/C35H51N6O5P/c1-37-31(22-30-23-38-26-41(30)21-13-5-3-2-4-8-14-27-15-9-6-10-16-27)35(44)39-24-32(42)40-33(34(36)43)29(25-47(45)46)20-19-28-17-11-7-12-18-28/h6-7,9-12,15-18,23,26,29,31,33,37,45-46H,2-5,8,13-14,19-22,24-25H2,1H3,(H2,36,43)(H,39,44)(H,40,42). The highest BCUT2D eigenvalue weighted by Gasteiger charge is 2.30. The van der Waals surface area contributed by atoms with Gasteiger partial charge in [0.15, 0.2) is 8.38 Å². The molecule has 0 fully saturated rings. The van der Waals surface area contributed by atoms with Gasteiger partial charge in [0, 0.05) is 31.0 Å². The first-order valence-corrected chi connectivity index (χ1v) is 18.0. The van der Waals surface area contributed by atoms with Crippen LogP contribution in [0.2, 0.25) is 0 Å². The molecule has 3 aromatic rings. The van der Waals surface area contributed by atoms with Crippen molar-refractivity contribution >= 4 is 26.1 Å². The zero-order valence-electron chi connectivity index (χ0n) is 27.4. The van der Waals surface area contributed by atoms with Gasteiger partial charge in [-0.25, -0.2) is 4.98 Å². The first-order valence-electron chi connectivity index (χ1n) is 16.5. The predicted octanol–water partition coefficient (Wildman–Crippen LogP) is 3.23. The maximum absolute atomic E-state index is 13.0. The third-order valence-electron chi connectivity index (χ3n) is 8.40. The molecule has 0 radical (unpaired) electrons. The number of amides is 3. The predicted molar refractivity (Wildman–Crippen MR) is 185 cm³/mol. The van der Waals surface area contributed by atoms with E-state index in [0.717, 1.165) is 37.1 Å². The Balaban J connectivity index is 1.41. The maximum Gasteiger partial charge on any atom is 0.240 e. The molecule has 3 unspecified atom stereocenters. The zero-order chi connectivity index (χ0) is 33.9. The van der Waals surface area contributed by atoms with Gasteiger partial charge in [0.1, 0.15) is 6.04 Å². The number of carbonyl (C=O) groups excluding carboxylic acids is 3. The van der Waals surface area contributed by atoms with Crippen LogP contribution in [0.1, 0.15) is 61.8 Å². The van der Waals surface area contributed by atoms with E-state index in [2.05, 4.69) is 49.8 Å². The summed E-state index contributed by atoms with van der Waals surface area (Å²) >= 11 is 0. The molecule has 0 bridgehead atoms. The van der Waals surface area contributed by atoms with Crippen molar-refractivity contribution in [2.75, 3.05) is 19.8 Å². The molecule has 7 N–H and O–H groups in total. The second kappa shape index (κ2) is 21.3. The highest BCUT2D eigenvalue weighted by Crippen LogP contribution is 2.30. The van der Waals surface area contributed by atoms with Crippen LogP contribution in [0.5, 0.6) is 0 Å². The Morgan fingerprint density at radius 3 is 2.13 bits per heavy atom. The second-order valence-corrected chi connectivity index (χ2v) is 13.1. The van der Waals surface area contributed by atoms with Gasteiger partial charge in [0.05, 0.1) is 18.9 Å². The Morgan fingerprint density at radius 1 is 0.894 bits per heavy atom. The van der Waals surface area contributed by atoms with Crippen LogP contribution in [-0.4, -0.2) is 68.9 Å². The third kappa shape index (κ3) is 14.3. The van der Waals surface area contributed by atoms with Crippen molar-refractivity contribution in [1.82, 2.24) is 25.5 Å². The summed E-state index contributed by atoms with van der Waals surface area (Å²) < 4.78 is 2.07. The maximum atomic E-state index is 13.0. The van der Waals surface area contributed by atoms with Crippen molar-refractivity contribution < 1.29 is 24.2 Å². The number of hydrogen-bond donors (Lipinski definition) is 6. The van der Waals surface area contributed by atoms with Gasteiger partial charge in [-0.05, 0) is 56.2 Å². The fourth-order valence-corrected chi connectivity index (χ4v) is 6.54. The molecule has 1 aromatic heterocycles. The topological polar surface area (TPSA) is 172 Å². The lowest BCUT2D eigenvalue weighted by atomic mass is 9.93. The van der Waals surface area contributed by atoms with E-state index >= 15 is 0 Å². The number of benzene rings is 2. The van der Waals surface area contributed by atoms with Gasteiger partial charge >= 0.3 is 0 Å². The molecule has 11 nitrogen and oxygen atoms in total. The molecule has 3 amide bonds. The molecule has 3 rings (SSSR count). The monoisotopic (exact) mass is 666 g/mol. The molecule has 1 heterocycles. The second-order valence-electron chi connectivity index (χ2n) is 12.0. The van der Waals surface area contributed by atoms with E-state index in [1.165, 1.54) is 31.2 Å². The molecule has 2 aromatic carbocycles. The number of carbonyl (C=O) groups is 3. The third-order valence-corrected chi connectivity index (χ3v) is 9.19. The van der Waals surface area contributed by atoms with Crippen molar-refractivity contribution in [3.63, 3.8) is 0 Å². The van der Waals surface area contributed by atoms with Gasteiger partial charge in [0.2, 0.25) is 17.7 Å². The van der Waals surface area contributed by atoms with Crippen LogP contribution in [0, 0.1) is 5.92 Å². The number of nitrogens with one attached hydrogen (secondary N) is 3. The molecular formula is C35H51N6O5P. The molecule has 0 saturated heterocycles. The fraction of sp³-hybridized carbons (Fsp3) is 0.486. The quantitative estimate of drug-likeness (QED) is 0.0666. The van der Waals surface area contributed by atoms with E-state index in [4.69, 9.17) is 5.73 Å². The number of unbranched alkanes of at least 4 members (excludes halogenated alkanes) is 5. The summed E-state index contributed by atoms with van der Waals surface area (Å²) in [5.41, 5.74) is 8.96. The molecule has 47 heavy (non-hydrogen) atoms. The van der Waals surface area contributed by atoms with Gasteiger partial charge in [0.25, 0.3) is 0 Å². The largest absolute Gasteiger partial charge is 0.368 e. The molecule has 256 valence electrons. The summed E-state index contributed by atoms with van der Waals surface area (Å²) in [5.74, 6) is -2.31. The fourth-order valence-electron chi connectivity index (χ4n) is 5.72. The lowest BCUT2D eigenvalue weighted by Crippen LogP contribution is -2.53. The number of hydrogen-bond acceptors (Lipinski definition) is 7. The van der Waals surface area contributed by atoms with Crippen LogP contribution in [0.25, 0.3) is 0 Å². The molecule has 0 aliphatic heterocycles. The van der Waals surface area contributed by atoms with Crippen LogP contribution in [0.15, 0.2) is 73.2 Å². The number of likely N-dealkylation sites (N-methyl/N-ethyl adjacent to an activating group) is 1. The van der Waals surface area contributed by atoms with E-state index in [1.54, 1.807) is 19.6 Å². The van der Waals surface area contributed by atoms with Crippen LogP contribution in [0.3, 0.4) is 0 Å². The molecule has 0 aliphatic rings. The van der Waals surface area contributed by atoms with Gasteiger partial charge in [-0.1, -0.05) is 86.3 Å². The Kier molecular flexibility index (Phi) is 17.1. The normalized spacial score (nSPS) is 13.2. The summed E-state index contributed by atoms with van der Waals surface area (Å²) in [6.07, 6.45) is 13.0. The Labute approximate surface area is 279 Å². The van der Waals surface area contributed by atoms with Crippen LogP contribution in [0.4, 0.5) is 0 Å². The number of nitrogens with two attached hydrogens (primary N) is 1. The summed E-state index contributed by atoms with van der Waals surface area (Å²) in [5, 5.41) is 8.26. The number of imidazole rings is 1. The van der Waals surface area contributed by atoms with Crippen molar-refractivity contribution in [2.45, 2.75) is 82.8 Å². The van der Waals surface area contributed by atoms with E-state index in [0.29, 0.717) is 19.3 Å². The van der Waals surface area contributed by atoms with E-state index in [-0.39, 0.29) is 18.6 Å².